The molecule has 1 N–H and O–H groups in total. The van der Waals surface area contributed by atoms with Crippen LogP contribution in [-0.4, -0.2) is 26.3 Å². The molecule has 0 amide bonds. The van der Waals surface area contributed by atoms with Crippen LogP contribution in [0.1, 0.15) is 47.0 Å². The first-order valence-electron chi connectivity index (χ1n) is 6.67. The first-order valence-corrected chi connectivity index (χ1v) is 6.67. The molecule has 0 aliphatic carbocycles. The van der Waals surface area contributed by atoms with Crippen molar-refractivity contribution in [2.75, 3.05) is 26.3 Å². The molecule has 17 heavy (non-hydrogen) atoms. The summed E-state index contributed by atoms with van der Waals surface area (Å²) in [6.07, 6.45) is 3.23. The average molecular weight is 240 g/mol. The fourth-order valence-electron chi connectivity index (χ4n) is 1.46. The summed E-state index contributed by atoms with van der Waals surface area (Å²) in [5.41, 5.74) is -0.166. The van der Waals surface area contributed by atoms with Crippen molar-refractivity contribution in [1.29, 1.82) is 5.26 Å². The molecule has 0 fully saturated rings. The Morgan fingerprint density at radius 3 is 2.53 bits per heavy atom. The first-order chi connectivity index (χ1) is 7.98. The van der Waals surface area contributed by atoms with Crippen molar-refractivity contribution < 1.29 is 4.74 Å². The van der Waals surface area contributed by atoms with Gasteiger partial charge in [0.05, 0.1) is 18.1 Å². The van der Waals surface area contributed by atoms with E-state index in [-0.39, 0.29) is 5.41 Å². The quantitative estimate of drug-likeness (QED) is 0.597. The van der Waals surface area contributed by atoms with Gasteiger partial charge in [0, 0.05) is 13.2 Å². The number of rotatable bonds is 10. The molecule has 3 heteroatoms. The number of nitrogens with one attached hydrogen (secondary N) is 1. The SMILES string of the molecule is CC(C)COCCNCCCCC(C)(C)C#N. The van der Waals surface area contributed by atoms with Crippen molar-refractivity contribution in [1.82, 2.24) is 5.32 Å². The molecule has 0 radical (unpaired) electrons. The smallest absolute Gasteiger partial charge is 0.0683 e. The monoisotopic (exact) mass is 240 g/mol. The van der Waals surface area contributed by atoms with Gasteiger partial charge in [-0.05, 0) is 39.2 Å². The number of hydrogen-bond donors (Lipinski definition) is 1. The maximum absolute atomic E-state index is 8.86. The minimum atomic E-state index is -0.166. The van der Waals surface area contributed by atoms with Gasteiger partial charge in [0.25, 0.3) is 0 Å². The third-order valence-electron chi connectivity index (χ3n) is 2.58. The summed E-state index contributed by atoms with van der Waals surface area (Å²) >= 11 is 0. The third kappa shape index (κ3) is 11.7. The highest BCUT2D eigenvalue weighted by Gasteiger charge is 2.14. The van der Waals surface area contributed by atoms with Crippen molar-refractivity contribution in [2.24, 2.45) is 11.3 Å². The largest absolute Gasteiger partial charge is 0.380 e. The zero-order valence-electron chi connectivity index (χ0n) is 11.9. The molecule has 0 saturated heterocycles. The molecule has 0 aromatic heterocycles. The zero-order valence-corrected chi connectivity index (χ0v) is 11.9. The second-order valence-corrected chi connectivity index (χ2v) is 5.67. The van der Waals surface area contributed by atoms with Crippen molar-refractivity contribution in [3.63, 3.8) is 0 Å². The number of nitrogens with zero attached hydrogens (tertiary/aromatic N) is 1. The summed E-state index contributed by atoms with van der Waals surface area (Å²) in [6, 6.07) is 2.33. The van der Waals surface area contributed by atoms with Crippen molar-refractivity contribution in [2.45, 2.75) is 47.0 Å². The van der Waals surface area contributed by atoms with Crippen molar-refractivity contribution >= 4 is 0 Å². The fourth-order valence-corrected chi connectivity index (χ4v) is 1.46. The highest BCUT2D eigenvalue weighted by molar-refractivity contribution is 4.91. The zero-order chi connectivity index (χ0) is 13.1. The lowest BCUT2D eigenvalue weighted by molar-refractivity contribution is 0.112. The minimum absolute atomic E-state index is 0.166. The predicted molar refractivity (Wildman–Crippen MR) is 71.8 cm³/mol. The molecule has 0 aliphatic rings. The number of ether oxygens (including phenoxy) is 1. The van der Waals surface area contributed by atoms with E-state index in [2.05, 4.69) is 25.2 Å². The van der Waals surface area contributed by atoms with Crippen LogP contribution in [0.2, 0.25) is 0 Å². The van der Waals surface area contributed by atoms with E-state index in [1.165, 1.54) is 0 Å². The van der Waals surface area contributed by atoms with E-state index in [1.807, 2.05) is 13.8 Å². The standard InChI is InChI=1S/C14H28N2O/c1-13(2)11-17-10-9-16-8-6-5-7-14(3,4)12-15/h13,16H,5-11H2,1-4H3. The number of hydrogen-bond acceptors (Lipinski definition) is 3. The number of nitriles is 1. The normalized spacial score (nSPS) is 11.8. The summed E-state index contributed by atoms with van der Waals surface area (Å²) < 4.78 is 5.47. The molecule has 0 spiro atoms. The molecular formula is C14H28N2O. The second kappa shape index (κ2) is 9.44. The average Bonchev–Trinajstić information content (AvgIpc) is 2.26. The highest BCUT2D eigenvalue weighted by Crippen LogP contribution is 2.21. The lowest BCUT2D eigenvalue weighted by Gasteiger charge is -2.14. The molecule has 0 saturated carbocycles. The van der Waals surface area contributed by atoms with Crippen LogP contribution in [0.25, 0.3) is 0 Å². The van der Waals surface area contributed by atoms with Crippen LogP contribution < -0.4 is 5.32 Å². The van der Waals surface area contributed by atoms with Crippen LogP contribution in [0.3, 0.4) is 0 Å². The molecule has 0 atom stereocenters. The summed E-state index contributed by atoms with van der Waals surface area (Å²) in [5, 5.41) is 12.2. The van der Waals surface area contributed by atoms with Crippen LogP contribution in [0, 0.1) is 22.7 Å². The van der Waals surface area contributed by atoms with Gasteiger partial charge in [-0.2, -0.15) is 5.26 Å². The van der Waals surface area contributed by atoms with Gasteiger partial charge in [-0.3, -0.25) is 0 Å². The van der Waals surface area contributed by atoms with E-state index >= 15 is 0 Å². The van der Waals surface area contributed by atoms with E-state index in [0.717, 1.165) is 45.6 Å². The van der Waals surface area contributed by atoms with E-state index in [1.54, 1.807) is 0 Å². The third-order valence-corrected chi connectivity index (χ3v) is 2.58. The summed E-state index contributed by atoms with van der Waals surface area (Å²) in [5.74, 6) is 0.614. The minimum Gasteiger partial charge on any atom is -0.380 e. The second-order valence-electron chi connectivity index (χ2n) is 5.67. The maximum Gasteiger partial charge on any atom is 0.0683 e. The van der Waals surface area contributed by atoms with Crippen LogP contribution >= 0.6 is 0 Å². The van der Waals surface area contributed by atoms with Crippen molar-refractivity contribution in [3.8, 4) is 6.07 Å². The molecule has 0 rings (SSSR count). The van der Waals surface area contributed by atoms with Gasteiger partial charge in [0.1, 0.15) is 0 Å². The molecule has 3 nitrogen and oxygen atoms in total. The summed E-state index contributed by atoms with van der Waals surface area (Å²) in [4.78, 5) is 0. The molecule has 0 bridgehead atoms. The summed E-state index contributed by atoms with van der Waals surface area (Å²) in [6.45, 7) is 11.9. The van der Waals surface area contributed by atoms with E-state index < -0.39 is 0 Å². The molecular weight excluding hydrogens is 212 g/mol. The Labute approximate surface area is 107 Å². The Kier molecular flexibility index (Phi) is 9.11. The Hall–Kier alpha value is -0.590. The lowest BCUT2D eigenvalue weighted by atomic mass is 9.89. The van der Waals surface area contributed by atoms with Crippen LogP contribution in [0.15, 0.2) is 0 Å². The van der Waals surface area contributed by atoms with Crippen LogP contribution in [0.5, 0.6) is 0 Å². The fraction of sp³-hybridized carbons (Fsp3) is 0.929. The van der Waals surface area contributed by atoms with Crippen LogP contribution in [0.4, 0.5) is 0 Å². The van der Waals surface area contributed by atoms with Gasteiger partial charge >= 0.3 is 0 Å². The molecule has 0 aromatic rings. The Morgan fingerprint density at radius 2 is 1.94 bits per heavy atom. The molecule has 0 aliphatic heterocycles. The van der Waals surface area contributed by atoms with E-state index in [0.29, 0.717) is 5.92 Å². The van der Waals surface area contributed by atoms with Gasteiger partial charge < -0.3 is 10.1 Å². The topological polar surface area (TPSA) is 45.0 Å². The van der Waals surface area contributed by atoms with Gasteiger partial charge in [-0.15, -0.1) is 0 Å². The van der Waals surface area contributed by atoms with Crippen LogP contribution in [-0.2, 0) is 4.74 Å². The highest BCUT2D eigenvalue weighted by atomic mass is 16.5. The molecule has 100 valence electrons. The number of unbranched alkanes of at least 4 members (excludes halogenated alkanes) is 1. The Bertz CT molecular complexity index is 219. The van der Waals surface area contributed by atoms with Gasteiger partial charge in [-0.1, -0.05) is 20.3 Å². The summed E-state index contributed by atoms with van der Waals surface area (Å²) in [7, 11) is 0. The molecule has 0 heterocycles. The van der Waals surface area contributed by atoms with Gasteiger partial charge in [0.15, 0.2) is 0 Å². The predicted octanol–water partition coefficient (Wildman–Crippen LogP) is 2.97. The maximum atomic E-state index is 8.86. The molecule has 0 aromatic carbocycles. The Morgan fingerprint density at radius 1 is 1.24 bits per heavy atom. The first kappa shape index (κ1) is 16.4. The van der Waals surface area contributed by atoms with Crippen molar-refractivity contribution in [3.05, 3.63) is 0 Å². The van der Waals surface area contributed by atoms with Gasteiger partial charge in [0.2, 0.25) is 0 Å². The van der Waals surface area contributed by atoms with E-state index in [9.17, 15) is 0 Å². The molecule has 0 unspecified atom stereocenters. The lowest BCUT2D eigenvalue weighted by Crippen LogP contribution is -2.22. The van der Waals surface area contributed by atoms with Gasteiger partial charge in [-0.25, -0.2) is 0 Å². The van der Waals surface area contributed by atoms with E-state index in [4.69, 9.17) is 10.00 Å². The Balaban J connectivity index is 3.17.